The molecule has 1 atom stereocenters. The maximum Gasteiger partial charge on any atom is 0.253 e. The summed E-state index contributed by atoms with van der Waals surface area (Å²) in [6.07, 6.45) is 0.502. The minimum Gasteiger partial charge on any atom is -0.491 e. The van der Waals surface area contributed by atoms with Crippen LogP contribution in [-0.2, 0) is 11.3 Å². The van der Waals surface area contributed by atoms with Crippen molar-refractivity contribution in [2.75, 3.05) is 26.8 Å². The lowest BCUT2D eigenvalue weighted by Crippen LogP contribution is -2.40. The van der Waals surface area contributed by atoms with E-state index in [1.165, 1.54) is 0 Å². The SMILES string of the molecule is COCc1cccc(C(=O)N2CC[C@](O)(COc3ccc(C)cc3)C2)c1. The summed E-state index contributed by atoms with van der Waals surface area (Å²) >= 11 is 0. The number of rotatable bonds is 6. The summed E-state index contributed by atoms with van der Waals surface area (Å²) in [4.78, 5) is 14.4. The molecule has 26 heavy (non-hydrogen) atoms. The standard InChI is InChI=1S/C21H25NO4/c1-16-6-8-19(9-7-16)26-15-21(24)10-11-22(14-21)20(23)18-5-3-4-17(12-18)13-25-2/h3-9,12,24H,10-11,13-15H2,1-2H3/t21-/m1/s1. The van der Waals surface area contributed by atoms with Gasteiger partial charge >= 0.3 is 0 Å². The highest BCUT2D eigenvalue weighted by Gasteiger charge is 2.39. The lowest BCUT2D eigenvalue weighted by molar-refractivity contribution is 0.00430. The Hall–Kier alpha value is -2.37. The molecule has 1 aliphatic heterocycles. The molecule has 0 radical (unpaired) electrons. The van der Waals surface area contributed by atoms with Gasteiger partial charge in [0.15, 0.2) is 0 Å². The van der Waals surface area contributed by atoms with E-state index in [1.54, 1.807) is 18.1 Å². The first kappa shape index (κ1) is 18.4. The molecule has 5 heteroatoms. The first-order valence-corrected chi connectivity index (χ1v) is 8.78. The summed E-state index contributed by atoms with van der Waals surface area (Å²) in [7, 11) is 1.63. The molecule has 1 saturated heterocycles. The number of β-amino-alcohol motifs (C(OH)–C–C–N with tert-alkyl or cyclic N) is 1. The Kier molecular flexibility index (Phi) is 5.59. The molecule has 0 aromatic heterocycles. The zero-order chi connectivity index (χ0) is 18.6. The van der Waals surface area contributed by atoms with Crippen LogP contribution in [0.1, 0.15) is 27.9 Å². The Labute approximate surface area is 154 Å². The summed E-state index contributed by atoms with van der Waals surface area (Å²) in [5.74, 6) is 0.648. The van der Waals surface area contributed by atoms with Crippen LogP contribution in [0.3, 0.4) is 0 Å². The Morgan fingerprint density at radius 1 is 1.23 bits per heavy atom. The van der Waals surface area contributed by atoms with E-state index in [2.05, 4.69) is 0 Å². The summed E-state index contributed by atoms with van der Waals surface area (Å²) in [5, 5.41) is 10.8. The summed E-state index contributed by atoms with van der Waals surface area (Å²) in [6, 6.07) is 15.1. The van der Waals surface area contributed by atoms with E-state index in [0.717, 1.165) is 16.9 Å². The van der Waals surface area contributed by atoms with E-state index in [4.69, 9.17) is 9.47 Å². The zero-order valence-corrected chi connectivity index (χ0v) is 15.3. The van der Waals surface area contributed by atoms with Crippen molar-refractivity contribution in [3.63, 3.8) is 0 Å². The smallest absolute Gasteiger partial charge is 0.253 e. The highest BCUT2D eigenvalue weighted by atomic mass is 16.5. The molecule has 1 N–H and O–H groups in total. The highest BCUT2D eigenvalue weighted by Crippen LogP contribution is 2.25. The van der Waals surface area contributed by atoms with Gasteiger partial charge in [-0.1, -0.05) is 29.8 Å². The lowest BCUT2D eigenvalue weighted by Gasteiger charge is -2.24. The number of aliphatic hydroxyl groups is 1. The molecule has 138 valence electrons. The second-order valence-electron chi connectivity index (χ2n) is 6.94. The number of carbonyl (C=O) groups excluding carboxylic acids is 1. The number of aryl methyl sites for hydroxylation is 1. The van der Waals surface area contributed by atoms with Gasteiger partial charge in [0.25, 0.3) is 5.91 Å². The minimum absolute atomic E-state index is 0.0748. The number of benzene rings is 2. The molecular weight excluding hydrogens is 330 g/mol. The van der Waals surface area contributed by atoms with Crippen molar-refractivity contribution in [1.29, 1.82) is 0 Å². The molecule has 0 saturated carbocycles. The molecule has 0 bridgehead atoms. The predicted molar refractivity (Wildman–Crippen MR) is 99.3 cm³/mol. The number of likely N-dealkylation sites (tertiary alicyclic amines) is 1. The van der Waals surface area contributed by atoms with Gasteiger partial charge in [0.05, 0.1) is 13.2 Å². The van der Waals surface area contributed by atoms with Gasteiger partial charge < -0.3 is 19.5 Å². The van der Waals surface area contributed by atoms with Crippen molar-refractivity contribution in [3.8, 4) is 5.75 Å². The fourth-order valence-corrected chi connectivity index (χ4v) is 3.14. The Morgan fingerprint density at radius 2 is 2.00 bits per heavy atom. The van der Waals surface area contributed by atoms with Gasteiger partial charge in [0.2, 0.25) is 0 Å². The number of carbonyl (C=O) groups is 1. The van der Waals surface area contributed by atoms with Crippen LogP contribution in [0.25, 0.3) is 0 Å². The molecule has 0 aliphatic carbocycles. The number of nitrogens with zero attached hydrogens (tertiary/aromatic N) is 1. The molecule has 1 aliphatic rings. The maximum absolute atomic E-state index is 12.7. The van der Waals surface area contributed by atoms with Crippen LogP contribution in [0.15, 0.2) is 48.5 Å². The van der Waals surface area contributed by atoms with Crippen LogP contribution in [0.5, 0.6) is 5.75 Å². The third kappa shape index (κ3) is 4.42. The van der Waals surface area contributed by atoms with E-state index in [-0.39, 0.29) is 19.1 Å². The molecule has 1 amide bonds. The minimum atomic E-state index is -1.02. The third-order valence-electron chi connectivity index (χ3n) is 4.63. The fourth-order valence-electron chi connectivity index (χ4n) is 3.14. The normalized spacial score (nSPS) is 19.6. The van der Waals surface area contributed by atoms with Crippen LogP contribution in [0.2, 0.25) is 0 Å². The van der Waals surface area contributed by atoms with Crippen molar-refractivity contribution in [1.82, 2.24) is 4.90 Å². The molecule has 1 fully saturated rings. The number of amides is 1. The number of hydrogen-bond donors (Lipinski definition) is 1. The van der Waals surface area contributed by atoms with E-state index in [9.17, 15) is 9.90 Å². The van der Waals surface area contributed by atoms with Crippen LogP contribution in [0.4, 0.5) is 0 Å². The Balaban J connectivity index is 1.60. The molecular formula is C21H25NO4. The van der Waals surface area contributed by atoms with Gasteiger partial charge in [0, 0.05) is 19.2 Å². The van der Waals surface area contributed by atoms with Gasteiger partial charge in [-0.3, -0.25) is 4.79 Å². The Morgan fingerprint density at radius 3 is 2.73 bits per heavy atom. The first-order valence-electron chi connectivity index (χ1n) is 8.78. The highest BCUT2D eigenvalue weighted by molar-refractivity contribution is 5.94. The van der Waals surface area contributed by atoms with Crippen LogP contribution in [0, 0.1) is 6.92 Å². The summed E-state index contributed by atoms with van der Waals surface area (Å²) in [5.41, 5.74) is 1.70. The van der Waals surface area contributed by atoms with Gasteiger partial charge in [0.1, 0.15) is 18.0 Å². The third-order valence-corrected chi connectivity index (χ3v) is 4.63. The van der Waals surface area contributed by atoms with Gasteiger partial charge in [-0.15, -0.1) is 0 Å². The van der Waals surface area contributed by atoms with E-state index >= 15 is 0 Å². The van der Waals surface area contributed by atoms with Crippen molar-refractivity contribution in [2.24, 2.45) is 0 Å². The lowest BCUT2D eigenvalue weighted by atomic mass is 10.1. The first-order chi connectivity index (χ1) is 12.5. The maximum atomic E-state index is 12.7. The van der Waals surface area contributed by atoms with E-state index < -0.39 is 5.60 Å². The molecule has 0 unspecified atom stereocenters. The van der Waals surface area contributed by atoms with Crippen LogP contribution < -0.4 is 4.74 Å². The number of hydrogen-bond acceptors (Lipinski definition) is 4. The van der Waals surface area contributed by atoms with Crippen molar-refractivity contribution < 1.29 is 19.4 Å². The molecule has 3 rings (SSSR count). The summed E-state index contributed by atoms with van der Waals surface area (Å²) < 4.78 is 10.8. The summed E-state index contributed by atoms with van der Waals surface area (Å²) in [6.45, 7) is 3.44. The fraction of sp³-hybridized carbons (Fsp3) is 0.381. The average Bonchev–Trinajstić information content (AvgIpc) is 3.04. The van der Waals surface area contributed by atoms with Gasteiger partial charge in [-0.05, 0) is 43.2 Å². The Bertz CT molecular complexity index is 759. The predicted octanol–water partition coefficient (Wildman–Crippen LogP) is 2.80. The second kappa shape index (κ2) is 7.89. The largest absolute Gasteiger partial charge is 0.491 e. The molecule has 5 nitrogen and oxygen atoms in total. The number of ether oxygens (including phenoxy) is 2. The van der Waals surface area contributed by atoms with Crippen molar-refractivity contribution >= 4 is 5.91 Å². The molecule has 2 aromatic carbocycles. The van der Waals surface area contributed by atoms with Crippen LogP contribution >= 0.6 is 0 Å². The average molecular weight is 355 g/mol. The second-order valence-corrected chi connectivity index (χ2v) is 6.94. The topological polar surface area (TPSA) is 59.0 Å². The van der Waals surface area contributed by atoms with Crippen molar-refractivity contribution in [3.05, 3.63) is 65.2 Å². The van der Waals surface area contributed by atoms with Crippen molar-refractivity contribution in [2.45, 2.75) is 25.6 Å². The van der Waals surface area contributed by atoms with Gasteiger partial charge in [-0.25, -0.2) is 0 Å². The van der Waals surface area contributed by atoms with E-state index in [1.807, 2.05) is 49.4 Å². The van der Waals surface area contributed by atoms with Crippen LogP contribution in [-0.4, -0.2) is 48.3 Å². The quantitative estimate of drug-likeness (QED) is 0.866. The number of methoxy groups -OCH3 is 1. The monoisotopic (exact) mass is 355 g/mol. The molecule has 1 heterocycles. The molecule has 0 spiro atoms. The molecule has 2 aromatic rings. The van der Waals surface area contributed by atoms with Gasteiger partial charge in [-0.2, -0.15) is 0 Å². The van der Waals surface area contributed by atoms with E-state index in [0.29, 0.717) is 25.1 Å². The zero-order valence-electron chi connectivity index (χ0n) is 15.3.